The minimum absolute atomic E-state index is 0.0146. The van der Waals surface area contributed by atoms with E-state index in [0.29, 0.717) is 24.4 Å². The van der Waals surface area contributed by atoms with Gasteiger partial charge in [0.25, 0.3) is 0 Å². The van der Waals surface area contributed by atoms with Crippen LogP contribution in [0.25, 0.3) is 11.1 Å². The number of ether oxygens (including phenoxy) is 1. The Hall–Kier alpha value is -4.06. The number of imidazole rings is 1. The molecule has 3 aromatic carbocycles. The van der Waals surface area contributed by atoms with Gasteiger partial charge in [0.05, 0.1) is 13.1 Å². The van der Waals surface area contributed by atoms with E-state index in [0.717, 1.165) is 41.6 Å². The molecule has 0 aliphatic carbocycles. The van der Waals surface area contributed by atoms with Gasteiger partial charge < -0.3 is 9.84 Å². The first-order valence-corrected chi connectivity index (χ1v) is 11.5. The van der Waals surface area contributed by atoms with Gasteiger partial charge in [-0.2, -0.15) is 0 Å². The molecule has 1 N–H and O–H groups in total. The molecule has 0 unspecified atom stereocenters. The number of unbranched alkanes of at least 4 members (excludes halogenated alkanes) is 1. The Morgan fingerprint density at radius 3 is 2.26 bits per heavy atom. The quantitative estimate of drug-likeness (QED) is 0.255. The minimum Gasteiger partial charge on any atom is -0.449 e. The lowest BCUT2D eigenvalue weighted by atomic mass is 10.0. The lowest BCUT2D eigenvalue weighted by Crippen LogP contribution is -2.26. The monoisotopic (exact) mass is 456 g/mol. The largest absolute Gasteiger partial charge is 0.511 e. The minimum atomic E-state index is -1.34. The molecule has 174 valence electrons. The summed E-state index contributed by atoms with van der Waals surface area (Å²) in [6, 6.07) is 24.8. The highest BCUT2D eigenvalue weighted by atomic mass is 16.7. The van der Waals surface area contributed by atoms with Crippen molar-refractivity contribution in [2.75, 3.05) is 0 Å². The molecule has 0 spiro atoms. The smallest absolute Gasteiger partial charge is 0.449 e. The Balaban J connectivity index is 1.60. The predicted molar refractivity (Wildman–Crippen MR) is 132 cm³/mol. The van der Waals surface area contributed by atoms with Crippen molar-refractivity contribution in [1.29, 1.82) is 0 Å². The lowest BCUT2D eigenvalue weighted by molar-refractivity contribution is 0.144. The number of aromatic nitrogens is 2. The summed E-state index contributed by atoms with van der Waals surface area (Å²) in [7, 11) is 0. The Bertz CT molecular complexity index is 1300. The van der Waals surface area contributed by atoms with Crippen molar-refractivity contribution in [3.63, 3.8) is 0 Å². The van der Waals surface area contributed by atoms with Crippen molar-refractivity contribution in [3.8, 4) is 16.9 Å². The van der Waals surface area contributed by atoms with Crippen LogP contribution < -0.4 is 10.4 Å². The van der Waals surface area contributed by atoms with Crippen molar-refractivity contribution in [1.82, 2.24) is 9.13 Å². The van der Waals surface area contributed by atoms with Gasteiger partial charge in [-0.25, -0.2) is 9.59 Å². The number of hydrogen-bond donors (Lipinski definition) is 1. The second-order valence-corrected chi connectivity index (χ2v) is 8.27. The molecule has 4 aromatic rings. The third-order valence-electron chi connectivity index (χ3n) is 5.80. The Morgan fingerprint density at radius 1 is 0.882 bits per heavy atom. The van der Waals surface area contributed by atoms with Crippen molar-refractivity contribution < 1.29 is 14.6 Å². The molecule has 0 saturated heterocycles. The molecule has 0 aliphatic heterocycles. The standard InChI is InChI=1S/C28H28N2O4/c1-2-3-11-24-20-29(18-21-9-5-4-6-10-21)27(31)30(24)19-22-14-16-23(17-15-22)25-12-7-8-13-26(25)34-28(32)33/h4-10,12-17,20H,2-3,11,18-19H2,1H3,(H,32,33). The van der Waals surface area contributed by atoms with Crippen LogP contribution in [-0.4, -0.2) is 20.4 Å². The molecule has 0 radical (unpaired) electrons. The van der Waals surface area contributed by atoms with Crippen LogP contribution in [0, 0.1) is 0 Å². The van der Waals surface area contributed by atoms with Crippen LogP contribution in [-0.2, 0) is 19.5 Å². The first-order chi connectivity index (χ1) is 16.5. The number of carboxylic acid groups (broad SMARTS) is 1. The molecule has 0 amide bonds. The lowest BCUT2D eigenvalue weighted by Gasteiger charge is -2.10. The molecule has 0 bridgehead atoms. The van der Waals surface area contributed by atoms with E-state index in [1.54, 1.807) is 16.7 Å². The number of benzene rings is 3. The van der Waals surface area contributed by atoms with Crippen LogP contribution in [0.1, 0.15) is 36.6 Å². The van der Waals surface area contributed by atoms with Crippen LogP contribution in [0.15, 0.2) is 89.9 Å². The van der Waals surface area contributed by atoms with E-state index in [4.69, 9.17) is 9.84 Å². The number of hydrogen-bond acceptors (Lipinski definition) is 3. The molecule has 0 fully saturated rings. The number of rotatable bonds is 9. The summed E-state index contributed by atoms with van der Waals surface area (Å²) in [5.41, 5.74) is 4.66. The maximum absolute atomic E-state index is 13.3. The van der Waals surface area contributed by atoms with E-state index in [1.165, 1.54) is 0 Å². The molecule has 1 heterocycles. The van der Waals surface area contributed by atoms with Crippen LogP contribution in [0.5, 0.6) is 5.75 Å². The van der Waals surface area contributed by atoms with E-state index in [9.17, 15) is 9.59 Å². The van der Waals surface area contributed by atoms with Crippen molar-refractivity contribution in [3.05, 3.63) is 112 Å². The molecular formula is C28H28N2O4. The maximum Gasteiger partial charge on any atom is 0.511 e. The van der Waals surface area contributed by atoms with Gasteiger partial charge in [0.15, 0.2) is 0 Å². The van der Waals surface area contributed by atoms with Crippen LogP contribution in [0.3, 0.4) is 0 Å². The zero-order valence-corrected chi connectivity index (χ0v) is 19.2. The first kappa shape index (κ1) is 23.1. The summed E-state index contributed by atoms with van der Waals surface area (Å²) in [6.45, 7) is 3.17. The SMILES string of the molecule is CCCCc1cn(Cc2ccccc2)c(=O)n1Cc1ccc(-c2ccccc2OC(=O)O)cc1. The van der Waals surface area contributed by atoms with E-state index >= 15 is 0 Å². The van der Waals surface area contributed by atoms with Crippen LogP contribution in [0.4, 0.5) is 4.79 Å². The molecule has 4 rings (SSSR count). The fraction of sp³-hybridized carbons (Fsp3) is 0.214. The fourth-order valence-electron chi connectivity index (χ4n) is 4.06. The molecule has 6 nitrogen and oxygen atoms in total. The van der Waals surface area contributed by atoms with Crippen LogP contribution >= 0.6 is 0 Å². The second-order valence-electron chi connectivity index (χ2n) is 8.27. The molecule has 0 saturated carbocycles. The first-order valence-electron chi connectivity index (χ1n) is 11.5. The number of carbonyl (C=O) groups is 1. The highest BCUT2D eigenvalue weighted by Gasteiger charge is 2.13. The second kappa shape index (κ2) is 10.7. The summed E-state index contributed by atoms with van der Waals surface area (Å²) >= 11 is 0. The summed E-state index contributed by atoms with van der Waals surface area (Å²) in [6.07, 6.45) is 3.58. The molecule has 0 aliphatic rings. The van der Waals surface area contributed by atoms with Gasteiger partial charge in [-0.15, -0.1) is 0 Å². The van der Waals surface area contributed by atoms with Gasteiger partial charge >= 0.3 is 11.8 Å². The van der Waals surface area contributed by atoms with Crippen molar-refractivity contribution >= 4 is 6.16 Å². The normalized spacial score (nSPS) is 10.9. The number of nitrogens with zero attached hydrogens (tertiary/aromatic N) is 2. The van der Waals surface area contributed by atoms with Crippen LogP contribution in [0.2, 0.25) is 0 Å². The molecule has 0 atom stereocenters. The highest BCUT2D eigenvalue weighted by molar-refractivity contribution is 5.74. The average molecular weight is 457 g/mol. The summed E-state index contributed by atoms with van der Waals surface area (Å²) in [5.74, 6) is 0.291. The Labute approximate surface area is 198 Å². The zero-order valence-electron chi connectivity index (χ0n) is 19.2. The molecular weight excluding hydrogens is 428 g/mol. The van der Waals surface area contributed by atoms with Gasteiger partial charge in [0.1, 0.15) is 5.75 Å². The van der Waals surface area contributed by atoms with Gasteiger partial charge in [0.2, 0.25) is 0 Å². The van der Waals surface area contributed by atoms with E-state index in [2.05, 4.69) is 6.92 Å². The molecule has 6 heteroatoms. The summed E-state index contributed by atoms with van der Waals surface area (Å²) < 4.78 is 8.56. The topological polar surface area (TPSA) is 73.5 Å². The van der Waals surface area contributed by atoms with Crippen molar-refractivity contribution in [2.45, 2.75) is 39.3 Å². The number of para-hydroxylation sites is 1. The third-order valence-corrected chi connectivity index (χ3v) is 5.80. The summed E-state index contributed by atoms with van der Waals surface area (Å²) in [4.78, 5) is 24.3. The Kier molecular flexibility index (Phi) is 7.28. The van der Waals surface area contributed by atoms with E-state index in [1.807, 2.05) is 77.5 Å². The maximum atomic E-state index is 13.3. The highest BCUT2D eigenvalue weighted by Crippen LogP contribution is 2.30. The average Bonchev–Trinajstić information content (AvgIpc) is 3.13. The van der Waals surface area contributed by atoms with Gasteiger partial charge in [0, 0.05) is 17.5 Å². The Morgan fingerprint density at radius 2 is 1.56 bits per heavy atom. The third kappa shape index (κ3) is 5.46. The van der Waals surface area contributed by atoms with Gasteiger partial charge in [-0.3, -0.25) is 9.13 Å². The van der Waals surface area contributed by atoms with Gasteiger partial charge in [-0.1, -0.05) is 86.1 Å². The van der Waals surface area contributed by atoms with E-state index < -0.39 is 6.16 Å². The molecule has 34 heavy (non-hydrogen) atoms. The van der Waals surface area contributed by atoms with E-state index in [-0.39, 0.29) is 5.69 Å². The summed E-state index contributed by atoms with van der Waals surface area (Å²) in [5, 5.41) is 9.00. The predicted octanol–water partition coefficient (Wildman–Crippen LogP) is 5.81. The number of aryl methyl sites for hydroxylation is 1. The fourth-order valence-corrected chi connectivity index (χ4v) is 4.06. The zero-order chi connectivity index (χ0) is 23.9. The molecule has 1 aromatic heterocycles. The van der Waals surface area contributed by atoms with Crippen molar-refractivity contribution in [2.24, 2.45) is 0 Å². The van der Waals surface area contributed by atoms with Gasteiger partial charge in [-0.05, 0) is 35.6 Å².